The molecule has 0 spiro atoms. The first kappa shape index (κ1) is 11.4. The topological polar surface area (TPSA) is 37.3 Å². The number of hydrogen-bond acceptors (Lipinski definition) is 1. The molecule has 2 nitrogen and oxygen atoms in total. The fraction of sp³-hybridized carbons (Fsp3) is 0.333. The Kier molecular flexibility index (Phi) is 5.69. The van der Waals surface area contributed by atoms with Crippen LogP contribution in [0.1, 0.15) is 6.42 Å². The van der Waals surface area contributed by atoms with Crippen molar-refractivity contribution in [1.29, 1.82) is 0 Å². The van der Waals surface area contributed by atoms with Crippen molar-refractivity contribution in [2.24, 2.45) is 0 Å². The van der Waals surface area contributed by atoms with Crippen molar-refractivity contribution in [2.75, 3.05) is 12.3 Å². The molecule has 0 saturated heterocycles. The summed E-state index contributed by atoms with van der Waals surface area (Å²) in [4.78, 5) is 9.22. The molecule has 0 bridgehead atoms. The van der Waals surface area contributed by atoms with Gasteiger partial charge in [0, 0.05) is 12.3 Å². The van der Waals surface area contributed by atoms with Crippen molar-refractivity contribution in [2.45, 2.75) is 6.42 Å². The van der Waals surface area contributed by atoms with E-state index in [1.165, 1.54) is 6.08 Å². The zero-order chi connectivity index (χ0) is 9.45. The minimum Gasteiger partial charge on any atom is -0.344 e. The summed E-state index contributed by atoms with van der Waals surface area (Å²) in [5.74, 6) is 0. The van der Waals surface area contributed by atoms with Gasteiger partial charge in [-0.1, -0.05) is 24.3 Å². The Morgan fingerprint density at radius 3 is 2.33 bits per heavy atom. The van der Waals surface area contributed by atoms with Crippen LogP contribution in [0.25, 0.3) is 0 Å². The molecule has 0 heterocycles. The minimum atomic E-state index is -2.97. The average molecular weight is 186 g/mol. The third-order valence-corrected chi connectivity index (χ3v) is 2.88. The largest absolute Gasteiger partial charge is 0.344 e. The normalized spacial score (nSPS) is 15.8. The highest BCUT2D eigenvalue weighted by molar-refractivity contribution is 7.58. The molecule has 3 heteroatoms. The van der Waals surface area contributed by atoms with Crippen LogP contribution in [0.2, 0.25) is 0 Å². The zero-order valence-electron chi connectivity index (χ0n) is 7.15. The highest BCUT2D eigenvalue weighted by Crippen LogP contribution is 2.39. The summed E-state index contributed by atoms with van der Waals surface area (Å²) in [6, 6.07) is 0. The Bertz CT molecular complexity index is 219. The van der Waals surface area contributed by atoms with E-state index in [1.54, 1.807) is 12.2 Å². The van der Waals surface area contributed by atoms with Crippen LogP contribution in [0, 0.1) is 0 Å². The summed E-state index contributed by atoms with van der Waals surface area (Å²) in [6.07, 6.45) is 7.92. The smallest absolute Gasteiger partial charge is 0.207 e. The van der Waals surface area contributed by atoms with Crippen LogP contribution >= 0.6 is 7.37 Å². The summed E-state index contributed by atoms with van der Waals surface area (Å²) >= 11 is 0. The second kappa shape index (κ2) is 5.99. The van der Waals surface area contributed by atoms with Gasteiger partial charge in [0.15, 0.2) is 0 Å². The van der Waals surface area contributed by atoms with Gasteiger partial charge in [-0.05, 0) is 6.42 Å². The molecule has 0 aromatic carbocycles. The number of rotatable bonds is 6. The molecule has 0 aromatic heterocycles. The Morgan fingerprint density at radius 1 is 1.17 bits per heavy atom. The van der Waals surface area contributed by atoms with Gasteiger partial charge in [-0.15, -0.1) is 13.2 Å². The molecule has 1 unspecified atom stereocenters. The summed E-state index contributed by atoms with van der Waals surface area (Å²) in [5.41, 5.74) is 0. The van der Waals surface area contributed by atoms with Gasteiger partial charge in [-0.2, -0.15) is 0 Å². The van der Waals surface area contributed by atoms with E-state index in [2.05, 4.69) is 13.2 Å². The summed E-state index contributed by atoms with van der Waals surface area (Å²) < 4.78 is 11.2. The van der Waals surface area contributed by atoms with E-state index in [-0.39, 0.29) is 12.3 Å². The van der Waals surface area contributed by atoms with Crippen molar-refractivity contribution >= 4 is 7.37 Å². The van der Waals surface area contributed by atoms with E-state index in [1.807, 2.05) is 6.08 Å². The third kappa shape index (κ3) is 6.14. The van der Waals surface area contributed by atoms with Crippen LogP contribution in [-0.2, 0) is 4.57 Å². The molecule has 0 fully saturated rings. The van der Waals surface area contributed by atoms with Crippen LogP contribution in [0.4, 0.5) is 0 Å². The number of allylic oxidation sites excluding steroid dienone is 4. The summed E-state index contributed by atoms with van der Waals surface area (Å²) in [7, 11) is -2.97. The molecule has 0 amide bonds. The third-order valence-electron chi connectivity index (χ3n) is 1.27. The molecule has 12 heavy (non-hydrogen) atoms. The first-order chi connectivity index (χ1) is 5.62. The van der Waals surface area contributed by atoms with Gasteiger partial charge in [0.05, 0.1) is 0 Å². The monoisotopic (exact) mass is 186 g/mol. The maximum Gasteiger partial charge on any atom is 0.207 e. The lowest BCUT2D eigenvalue weighted by atomic mass is 10.4. The lowest BCUT2D eigenvalue weighted by Crippen LogP contribution is -1.88. The fourth-order valence-corrected chi connectivity index (χ4v) is 1.74. The van der Waals surface area contributed by atoms with E-state index in [0.29, 0.717) is 0 Å². The summed E-state index contributed by atoms with van der Waals surface area (Å²) in [6.45, 7) is 6.95. The molecule has 0 aliphatic rings. The van der Waals surface area contributed by atoms with Gasteiger partial charge < -0.3 is 4.89 Å². The van der Waals surface area contributed by atoms with Crippen LogP contribution in [0.5, 0.6) is 0 Å². The average Bonchev–Trinajstić information content (AvgIpc) is 1.98. The standard InChI is InChI=1S/C9H15O2P/c1-3-5-6-7-9-12(10,11)8-4-2/h3-4,6-7H,1-2,5,8-9H2,(H,10,11). The Balaban J connectivity index is 3.81. The lowest BCUT2D eigenvalue weighted by Gasteiger charge is -2.04. The minimum absolute atomic E-state index is 0.186. The second-order valence-corrected chi connectivity index (χ2v) is 4.92. The fourth-order valence-electron chi connectivity index (χ4n) is 0.708. The van der Waals surface area contributed by atoms with Gasteiger partial charge in [-0.3, -0.25) is 4.57 Å². The molecule has 0 rings (SSSR count). The van der Waals surface area contributed by atoms with Crippen LogP contribution in [0.15, 0.2) is 37.5 Å². The van der Waals surface area contributed by atoms with Crippen LogP contribution in [0.3, 0.4) is 0 Å². The first-order valence-corrected chi connectivity index (χ1v) is 5.83. The van der Waals surface area contributed by atoms with Gasteiger partial charge >= 0.3 is 0 Å². The second-order valence-electron chi connectivity index (χ2n) is 2.50. The van der Waals surface area contributed by atoms with Gasteiger partial charge in [0.2, 0.25) is 7.37 Å². The summed E-state index contributed by atoms with van der Waals surface area (Å²) in [5, 5.41) is 0. The van der Waals surface area contributed by atoms with Gasteiger partial charge in [0.25, 0.3) is 0 Å². The van der Waals surface area contributed by atoms with Crippen molar-refractivity contribution in [3.05, 3.63) is 37.5 Å². The number of hydrogen-bond donors (Lipinski definition) is 1. The molecule has 0 aromatic rings. The highest BCUT2D eigenvalue weighted by Gasteiger charge is 2.12. The molecule has 0 radical (unpaired) electrons. The van der Waals surface area contributed by atoms with Crippen LogP contribution < -0.4 is 0 Å². The van der Waals surface area contributed by atoms with Crippen molar-refractivity contribution in [3.8, 4) is 0 Å². The molecule has 0 saturated carbocycles. The SMILES string of the molecule is C=CCC=CCP(=O)(O)CC=C. The van der Waals surface area contributed by atoms with E-state index in [9.17, 15) is 9.46 Å². The lowest BCUT2D eigenvalue weighted by molar-refractivity contribution is 0.485. The van der Waals surface area contributed by atoms with E-state index < -0.39 is 7.37 Å². The first-order valence-electron chi connectivity index (χ1n) is 3.80. The maximum atomic E-state index is 11.2. The molecule has 1 atom stereocenters. The Morgan fingerprint density at radius 2 is 1.83 bits per heavy atom. The molecule has 0 aliphatic heterocycles. The molecular formula is C9H15O2P. The molecule has 68 valence electrons. The van der Waals surface area contributed by atoms with E-state index in [4.69, 9.17) is 0 Å². The maximum absolute atomic E-state index is 11.2. The van der Waals surface area contributed by atoms with Crippen molar-refractivity contribution < 1.29 is 9.46 Å². The highest BCUT2D eigenvalue weighted by atomic mass is 31.2. The Hall–Kier alpha value is -0.590. The van der Waals surface area contributed by atoms with Crippen molar-refractivity contribution in [1.82, 2.24) is 0 Å². The quantitative estimate of drug-likeness (QED) is 0.511. The predicted octanol–water partition coefficient (Wildman–Crippen LogP) is 2.58. The molecular weight excluding hydrogens is 171 g/mol. The van der Waals surface area contributed by atoms with E-state index >= 15 is 0 Å². The van der Waals surface area contributed by atoms with Gasteiger partial charge in [-0.25, -0.2) is 0 Å². The van der Waals surface area contributed by atoms with Crippen LogP contribution in [-0.4, -0.2) is 17.2 Å². The predicted molar refractivity (Wildman–Crippen MR) is 53.7 cm³/mol. The zero-order valence-corrected chi connectivity index (χ0v) is 8.04. The Labute approximate surface area is 73.8 Å². The van der Waals surface area contributed by atoms with E-state index in [0.717, 1.165) is 6.42 Å². The van der Waals surface area contributed by atoms with Crippen molar-refractivity contribution in [3.63, 3.8) is 0 Å². The van der Waals surface area contributed by atoms with Gasteiger partial charge in [0.1, 0.15) is 0 Å². The molecule has 1 N–H and O–H groups in total. The molecule has 0 aliphatic carbocycles.